The normalized spacial score (nSPS) is 10.5. The zero-order valence-corrected chi connectivity index (χ0v) is 6.31. The molecule has 5 heteroatoms. The zero-order valence-electron chi connectivity index (χ0n) is 5.50. The summed E-state index contributed by atoms with van der Waals surface area (Å²) < 4.78 is 23.5. The van der Waals surface area contributed by atoms with Crippen LogP contribution in [-0.4, -0.2) is 10.7 Å². The van der Waals surface area contributed by atoms with Crippen molar-refractivity contribution < 1.29 is 8.78 Å². The maximum Gasteiger partial charge on any atom is 0.290 e. The van der Waals surface area contributed by atoms with Gasteiger partial charge >= 0.3 is 0 Å². The van der Waals surface area contributed by atoms with Crippen molar-refractivity contribution in [1.29, 1.82) is 0 Å². The van der Waals surface area contributed by atoms with Gasteiger partial charge in [0.05, 0.1) is 5.69 Å². The molecule has 2 nitrogen and oxygen atoms in total. The largest absolute Gasteiger partial charge is 0.397 e. The van der Waals surface area contributed by atoms with Crippen LogP contribution >= 0.6 is 11.8 Å². The highest BCUT2D eigenvalue weighted by Gasteiger charge is 2.08. The van der Waals surface area contributed by atoms with Gasteiger partial charge in [0.25, 0.3) is 5.76 Å². The standard InChI is InChI=1S/C6H6F2N2S/c7-6(8)11-5-4(9)2-1-3-10-5/h1-3,6H,9H2. The monoisotopic (exact) mass is 176 g/mol. The Balaban J connectivity index is 2.78. The van der Waals surface area contributed by atoms with Crippen LogP contribution in [0.5, 0.6) is 0 Å². The fourth-order valence-electron chi connectivity index (χ4n) is 0.586. The van der Waals surface area contributed by atoms with E-state index in [9.17, 15) is 8.78 Å². The zero-order chi connectivity index (χ0) is 8.27. The van der Waals surface area contributed by atoms with E-state index in [4.69, 9.17) is 5.73 Å². The summed E-state index contributed by atoms with van der Waals surface area (Å²) in [5.41, 5.74) is 5.64. The Morgan fingerprint density at radius 3 is 2.82 bits per heavy atom. The van der Waals surface area contributed by atoms with Crippen molar-refractivity contribution >= 4 is 17.4 Å². The van der Waals surface area contributed by atoms with Gasteiger partial charge in [0.15, 0.2) is 0 Å². The predicted octanol–water partition coefficient (Wildman–Crippen LogP) is 1.98. The number of nitrogens with zero attached hydrogens (tertiary/aromatic N) is 1. The van der Waals surface area contributed by atoms with Crippen LogP contribution in [0.3, 0.4) is 0 Å². The summed E-state index contributed by atoms with van der Waals surface area (Å²) >= 11 is 0.356. The van der Waals surface area contributed by atoms with Gasteiger partial charge < -0.3 is 5.73 Å². The van der Waals surface area contributed by atoms with Crippen molar-refractivity contribution in [1.82, 2.24) is 4.98 Å². The number of nitrogens with two attached hydrogens (primary N) is 1. The van der Waals surface area contributed by atoms with Gasteiger partial charge in [0, 0.05) is 6.20 Å². The van der Waals surface area contributed by atoms with Crippen LogP contribution in [0, 0.1) is 0 Å². The van der Waals surface area contributed by atoms with Crippen molar-refractivity contribution in [3.63, 3.8) is 0 Å². The van der Waals surface area contributed by atoms with Gasteiger partial charge in [-0.1, -0.05) is 0 Å². The average Bonchev–Trinajstić information content (AvgIpc) is 1.93. The molecule has 60 valence electrons. The first-order valence-electron chi connectivity index (χ1n) is 2.85. The highest BCUT2D eigenvalue weighted by Crippen LogP contribution is 2.27. The number of alkyl halides is 2. The number of halogens is 2. The average molecular weight is 176 g/mol. The molecule has 0 unspecified atom stereocenters. The molecule has 0 spiro atoms. The van der Waals surface area contributed by atoms with Crippen LogP contribution in [-0.2, 0) is 0 Å². The summed E-state index contributed by atoms with van der Waals surface area (Å²) in [7, 11) is 0. The summed E-state index contributed by atoms with van der Waals surface area (Å²) in [6.45, 7) is 0. The molecule has 0 saturated carbocycles. The van der Waals surface area contributed by atoms with E-state index in [2.05, 4.69) is 4.98 Å². The quantitative estimate of drug-likeness (QED) is 0.700. The second kappa shape index (κ2) is 3.52. The first-order valence-corrected chi connectivity index (χ1v) is 3.73. The van der Waals surface area contributed by atoms with Crippen LogP contribution in [0.2, 0.25) is 0 Å². The third-order valence-corrected chi connectivity index (χ3v) is 1.74. The molecule has 0 saturated heterocycles. The Morgan fingerprint density at radius 1 is 1.55 bits per heavy atom. The Morgan fingerprint density at radius 2 is 2.27 bits per heavy atom. The molecule has 0 amide bonds. The summed E-state index contributed by atoms with van der Waals surface area (Å²) in [6.07, 6.45) is 1.43. The molecule has 0 aliphatic heterocycles. The Kier molecular flexibility index (Phi) is 2.64. The number of pyridine rings is 1. The molecular formula is C6H6F2N2S. The molecule has 1 aromatic heterocycles. The number of aromatic nitrogens is 1. The summed E-state index contributed by atoms with van der Waals surface area (Å²) in [6, 6.07) is 3.14. The number of hydrogen-bond acceptors (Lipinski definition) is 3. The first-order chi connectivity index (χ1) is 5.20. The van der Waals surface area contributed by atoms with E-state index in [1.54, 1.807) is 6.07 Å². The van der Waals surface area contributed by atoms with Gasteiger partial charge in [0.1, 0.15) is 5.03 Å². The molecule has 0 bridgehead atoms. The number of thioether (sulfide) groups is 1. The van der Waals surface area contributed by atoms with Crippen molar-refractivity contribution in [2.75, 3.05) is 5.73 Å². The van der Waals surface area contributed by atoms with Gasteiger partial charge in [-0.15, -0.1) is 0 Å². The van der Waals surface area contributed by atoms with Crippen LogP contribution < -0.4 is 5.73 Å². The van der Waals surface area contributed by atoms with Crippen LogP contribution in [0.25, 0.3) is 0 Å². The lowest BCUT2D eigenvalue weighted by Gasteiger charge is -2.00. The summed E-state index contributed by atoms with van der Waals surface area (Å²) in [4.78, 5) is 3.68. The molecular weight excluding hydrogens is 170 g/mol. The first kappa shape index (κ1) is 8.26. The minimum Gasteiger partial charge on any atom is -0.397 e. The van der Waals surface area contributed by atoms with Crippen molar-refractivity contribution in [2.24, 2.45) is 0 Å². The molecule has 1 aromatic rings. The fraction of sp³-hybridized carbons (Fsp3) is 0.167. The van der Waals surface area contributed by atoms with E-state index in [-0.39, 0.29) is 10.7 Å². The molecule has 0 radical (unpaired) electrons. The smallest absolute Gasteiger partial charge is 0.290 e. The second-order valence-electron chi connectivity index (χ2n) is 1.78. The van der Waals surface area contributed by atoms with Gasteiger partial charge in [-0.2, -0.15) is 8.78 Å². The molecule has 11 heavy (non-hydrogen) atoms. The Hall–Kier alpha value is -0.840. The lowest BCUT2D eigenvalue weighted by Crippen LogP contribution is -1.92. The third-order valence-electron chi connectivity index (χ3n) is 1.00. The van der Waals surface area contributed by atoms with Crippen molar-refractivity contribution in [3.8, 4) is 0 Å². The highest BCUT2D eigenvalue weighted by molar-refractivity contribution is 7.99. The maximum atomic E-state index is 11.8. The molecule has 0 aliphatic carbocycles. The molecule has 2 N–H and O–H groups in total. The van der Waals surface area contributed by atoms with Gasteiger partial charge in [-0.3, -0.25) is 0 Å². The second-order valence-corrected chi connectivity index (χ2v) is 2.76. The number of nitrogen functional groups attached to an aromatic ring is 1. The minimum absolute atomic E-state index is 0.183. The fourth-order valence-corrected chi connectivity index (χ4v) is 1.08. The number of anilines is 1. The lowest BCUT2D eigenvalue weighted by molar-refractivity contribution is 0.252. The molecule has 1 heterocycles. The van der Waals surface area contributed by atoms with E-state index < -0.39 is 5.76 Å². The number of rotatable bonds is 2. The van der Waals surface area contributed by atoms with Gasteiger partial charge in [-0.25, -0.2) is 4.98 Å². The van der Waals surface area contributed by atoms with Crippen LogP contribution in [0.4, 0.5) is 14.5 Å². The van der Waals surface area contributed by atoms with E-state index in [1.807, 2.05) is 0 Å². The van der Waals surface area contributed by atoms with Crippen LogP contribution in [0.1, 0.15) is 0 Å². The topological polar surface area (TPSA) is 38.9 Å². The van der Waals surface area contributed by atoms with E-state index in [0.29, 0.717) is 11.8 Å². The van der Waals surface area contributed by atoms with E-state index in [1.165, 1.54) is 12.3 Å². The van der Waals surface area contributed by atoms with Crippen LogP contribution in [0.15, 0.2) is 23.4 Å². The SMILES string of the molecule is Nc1cccnc1SC(F)F. The molecule has 0 aromatic carbocycles. The Bertz CT molecular complexity index is 242. The molecule has 0 fully saturated rings. The van der Waals surface area contributed by atoms with E-state index >= 15 is 0 Å². The van der Waals surface area contributed by atoms with E-state index in [0.717, 1.165) is 0 Å². The number of hydrogen-bond donors (Lipinski definition) is 1. The molecule has 1 rings (SSSR count). The molecule has 0 aliphatic rings. The maximum absolute atomic E-state index is 11.8. The minimum atomic E-state index is -2.47. The van der Waals surface area contributed by atoms with Gasteiger partial charge in [-0.05, 0) is 23.9 Å². The van der Waals surface area contributed by atoms with Gasteiger partial charge in [0.2, 0.25) is 0 Å². The highest BCUT2D eigenvalue weighted by atomic mass is 32.2. The molecule has 0 atom stereocenters. The van der Waals surface area contributed by atoms with Crippen molar-refractivity contribution in [2.45, 2.75) is 10.8 Å². The van der Waals surface area contributed by atoms with Crippen molar-refractivity contribution in [3.05, 3.63) is 18.3 Å². The summed E-state index contributed by atoms with van der Waals surface area (Å²) in [5, 5.41) is 0.183. The lowest BCUT2D eigenvalue weighted by atomic mass is 10.4. The predicted molar refractivity (Wildman–Crippen MR) is 40.5 cm³/mol. The Labute approximate surface area is 66.8 Å². The summed E-state index contributed by atoms with van der Waals surface area (Å²) in [5.74, 6) is -2.47. The third kappa shape index (κ3) is 2.34.